The number of phosphoric ester groups is 1. The molecule has 310 valence electrons. The third-order valence-corrected chi connectivity index (χ3v) is 9.88. The Morgan fingerprint density at radius 2 is 1.06 bits per heavy atom. The molecule has 0 bridgehead atoms. The van der Waals surface area contributed by atoms with E-state index in [0.29, 0.717) is 11.0 Å². The van der Waals surface area contributed by atoms with E-state index in [9.17, 15) is 14.3 Å². The van der Waals surface area contributed by atoms with Gasteiger partial charge in [-0.05, 0) is 83.1 Å². The van der Waals surface area contributed by atoms with Crippen molar-refractivity contribution in [1.82, 2.24) is 0 Å². The number of quaternary nitrogens is 1. The molecule has 0 aromatic rings. The Hall–Kier alpha value is -1.70. The Morgan fingerprint density at radius 1 is 0.604 bits per heavy atom. The summed E-state index contributed by atoms with van der Waals surface area (Å²) in [5, 5.41) is 0. The lowest BCUT2D eigenvalue weighted by molar-refractivity contribution is -0.870. The van der Waals surface area contributed by atoms with Crippen LogP contribution in [0, 0.1) is 0 Å². The van der Waals surface area contributed by atoms with Gasteiger partial charge in [0.05, 0.1) is 34.0 Å². The van der Waals surface area contributed by atoms with Crippen molar-refractivity contribution in [3.63, 3.8) is 0 Å². The molecule has 2 atom stereocenters. The molecule has 0 amide bonds. The molecule has 53 heavy (non-hydrogen) atoms. The summed E-state index contributed by atoms with van der Waals surface area (Å²) in [6.07, 6.45) is 44.9. The first-order valence-electron chi connectivity index (χ1n) is 21.4. The summed E-state index contributed by atoms with van der Waals surface area (Å²) in [5.41, 5.74) is 0. The third-order valence-electron chi connectivity index (χ3n) is 8.92. The minimum absolute atomic E-state index is 0.0104. The van der Waals surface area contributed by atoms with Gasteiger partial charge in [-0.3, -0.25) is 9.36 Å². The third kappa shape index (κ3) is 41.3. The Kier molecular flexibility index (Phi) is 36.0. The quantitative estimate of drug-likeness (QED) is 0.0153. The van der Waals surface area contributed by atoms with Crippen molar-refractivity contribution in [2.45, 2.75) is 180 Å². The molecule has 0 heterocycles. The first-order valence-corrected chi connectivity index (χ1v) is 22.9. The van der Waals surface area contributed by atoms with Crippen LogP contribution in [-0.2, 0) is 27.9 Å². The van der Waals surface area contributed by atoms with Crippen molar-refractivity contribution in [3.05, 3.63) is 48.8 Å². The number of ether oxygens (including phenoxy) is 2. The van der Waals surface area contributed by atoms with E-state index in [2.05, 4.69) is 50.3 Å². The first kappa shape index (κ1) is 51.3. The molecule has 1 unspecified atom stereocenters. The molecule has 0 aliphatic heterocycles. The highest BCUT2D eigenvalue weighted by molar-refractivity contribution is 7.45. The maximum absolute atomic E-state index is 12.6. The molecular formula is C44H82NO7P. The van der Waals surface area contributed by atoms with Crippen LogP contribution in [0.1, 0.15) is 174 Å². The highest BCUT2D eigenvalue weighted by atomic mass is 31.2. The summed E-state index contributed by atoms with van der Waals surface area (Å²) in [4.78, 5) is 25.0. The van der Waals surface area contributed by atoms with Crippen molar-refractivity contribution >= 4 is 13.8 Å². The summed E-state index contributed by atoms with van der Waals surface area (Å²) in [6.45, 7) is 4.67. The maximum atomic E-state index is 12.6. The van der Waals surface area contributed by atoms with Crippen LogP contribution < -0.4 is 4.89 Å². The normalized spacial score (nSPS) is 14.2. The van der Waals surface area contributed by atoms with E-state index in [4.69, 9.17) is 18.5 Å². The lowest BCUT2D eigenvalue weighted by Gasteiger charge is -2.28. The van der Waals surface area contributed by atoms with Gasteiger partial charge >= 0.3 is 5.97 Å². The molecular weight excluding hydrogens is 685 g/mol. The van der Waals surface area contributed by atoms with Crippen LogP contribution in [0.15, 0.2) is 48.8 Å². The summed E-state index contributed by atoms with van der Waals surface area (Å²) < 4.78 is 34.3. The predicted octanol–water partition coefficient (Wildman–Crippen LogP) is 12.1. The van der Waals surface area contributed by atoms with E-state index in [0.717, 1.165) is 57.8 Å². The van der Waals surface area contributed by atoms with Gasteiger partial charge in [0.25, 0.3) is 7.82 Å². The number of nitrogens with zero attached hydrogens (tertiary/aromatic N) is 1. The fourth-order valence-electron chi connectivity index (χ4n) is 5.54. The van der Waals surface area contributed by atoms with E-state index in [1.165, 1.54) is 96.3 Å². The molecule has 9 heteroatoms. The average Bonchev–Trinajstić information content (AvgIpc) is 3.11. The first-order chi connectivity index (χ1) is 25.6. The molecule has 0 aromatic heterocycles. The van der Waals surface area contributed by atoms with Crippen molar-refractivity contribution in [2.75, 3.05) is 47.5 Å². The van der Waals surface area contributed by atoms with Crippen molar-refractivity contribution in [2.24, 2.45) is 0 Å². The number of carbonyl (C=O) groups is 1. The number of rotatable bonds is 39. The highest BCUT2D eigenvalue weighted by Gasteiger charge is 2.20. The Morgan fingerprint density at radius 3 is 1.60 bits per heavy atom. The van der Waals surface area contributed by atoms with E-state index in [1.54, 1.807) is 6.26 Å². The summed E-state index contributed by atoms with van der Waals surface area (Å²) >= 11 is 0. The van der Waals surface area contributed by atoms with Gasteiger partial charge in [-0.1, -0.05) is 127 Å². The molecule has 0 spiro atoms. The standard InChI is InChI=1S/C44H82NO7P/c1-6-8-10-12-14-16-18-20-22-24-26-28-30-32-34-36-39-49-41-43(42-51-53(47,48)50-40-38-45(3,4)5)52-44(46)37-35-33-31-29-27-25-23-21-19-17-15-13-11-9-7-2/h15-18,21,23,36,39,43H,6-14,19-20,22,24-35,37-38,40-42H2,1-5H3/b17-15-,18-16-,23-21-,39-36-/t43-/m1/s1. The second kappa shape index (κ2) is 37.2. The van der Waals surface area contributed by atoms with Crippen LogP contribution in [0.25, 0.3) is 0 Å². The van der Waals surface area contributed by atoms with Gasteiger partial charge in [0, 0.05) is 6.42 Å². The van der Waals surface area contributed by atoms with Crippen LogP contribution in [0.3, 0.4) is 0 Å². The fraction of sp³-hybridized carbons (Fsp3) is 0.795. The van der Waals surface area contributed by atoms with Crippen LogP contribution in [0.2, 0.25) is 0 Å². The summed E-state index contributed by atoms with van der Waals surface area (Å²) in [5.74, 6) is -0.373. The molecule has 0 rings (SSSR count). The van der Waals surface area contributed by atoms with Crippen molar-refractivity contribution in [1.29, 1.82) is 0 Å². The SMILES string of the molecule is CCCCC/C=C\C/C=C\CCCCCCCC(=O)O[C@H](CO/C=C\CCCCCCCC/C=C\CCCCCC)COP(=O)([O-])OCC[N+](C)(C)C. The van der Waals surface area contributed by atoms with Crippen LogP contribution in [-0.4, -0.2) is 64.1 Å². The van der Waals surface area contributed by atoms with Crippen LogP contribution in [0.4, 0.5) is 0 Å². The topological polar surface area (TPSA) is 94.1 Å². The Labute approximate surface area is 327 Å². The molecule has 0 saturated heterocycles. The smallest absolute Gasteiger partial charge is 0.306 e. The van der Waals surface area contributed by atoms with Gasteiger partial charge in [0.15, 0.2) is 6.10 Å². The Balaban J connectivity index is 4.35. The predicted molar refractivity (Wildman–Crippen MR) is 222 cm³/mol. The fourth-order valence-corrected chi connectivity index (χ4v) is 6.26. The van der Waals surface area contributed by atoms with Crippen LogP contribution in [0.5, 0.6) is 0 Å². The molecule has 0 fully saturated rings. The molecule has 0 N–H and O–H groups in total. The number of likely N-dealkylation sites (N-methyl/N-ethyl adjacent to an activating group) is 1. The number of unbranched alkanes of at least 4 members (excludes halogenated alkanes) is 19. The zero-order chi connectivity index (χ0) is 39.1. The van der Waals surface area contributed by atoms with Gasteiger partial charge in [0.2, 0.25) is 0 Å². The van der Waals surface area contributed by atoms with Gasteiger partial charge in [0.1, 0.15) is 19.8 Å². The van der Waals surface area contributed by atoms with Gasteiger partial charge in [-0.2, -0.15) is 0 Å². The van der Waals surface area contributed by atoms with E-state index >= 15 is 0 Å². The van der Waals surface area contributed by atoms with E-state index in [-0.39, 0.29) is 32.2 Å². The minimum Gasteiger partial charge on any atom is -0.756 e. The van der Waals surface area contributed by atoms with E-state index < -0.39 is 13.9 Å². The molecule has 0 aliphatic carbocycles. The lowest BCUT2D eigenvalue weighted by atomic mass is 10.1. The summed E-state index contributed by atoms with van der Waals surface area (Å²) in [6, 6.07) is 0. The number of carbonyl (C=O) groups excluding carboxylic acids is 1. The van der Waals surface area contributed by atoms with Gasteiger partial charge in [-0.25, -0.2) is 0 Å². The Bertz CT molecular complexity index is 989. The minimum atomic E-state index is -4.54. The zero-order valence-electron chi connectivity index (χ0n) is 35.0. The van der Waals surface area contributed by atoms with E-state index in [1.807, 2.05) is 27.2 Å². The largest absolute Gasteiger partial charge is 0.756 e. The molecule has 0 saturated carbocycles. The molecule has 0 aliphatic rings. The van der Waals surface area contributed by atoms with Crippen LogP contribution >= 0.6 is 7.82 Å². The average molecular weight is 768 g/mol. The highest BCUT2D eigenvalue weighted by Crippen LogP contribution is 2.38. The summed E-state index contributed by atoms with van der Waals surface area (Å²) in [7, 11) is 1.31. The molecule has 8 nitrogen and oxygen atoms in total. The molecule has 0 aromatic carbocycles. The number of hydrogen-bond acceptors (Lipinski definition) is 7. The van der Waals surface area contributed by atoms with Crippen molar-refractivity contribution < 1.29 is 37.3 Å². The number of phosphoric acid groups is 1. The zero-order valence-corrected chi connectivity index (χ0v) is 35.8. The van der Waals surface area contributed by atoms with Gasteiger partial charge < -0.3 is 27.9 Å². The number of hydrogen-bond donors (Lipinski definition) is 0. The second-order valence-corrected chi connectivity index (χ2v) is 16.8. The molecule has 0 radical (unpaired) electrons. The monoisotopic (exact) mass is 768 g/mol. The second-order valence-electron chi connectivity index (χ2n) is 15.4. The number of allylic oxidation sites excluding steroid dienone is 7. The lowest BCUT2D eigenvalue weighted by Crippen LogP contribution is -2.37. The maximum Gasteiger partial charge on any atom is 0.306 e. The van der Waals surface area contributed by atoms with Gasteiger partial charge in [-0.15, -0.1) is 0 Å². The number of esters is 1. The van der Waals surface area contributed by atoms with Crippen molar-refractivity contribution in [3.8, 4) is 0 Å².